The number of nitrogens with zero attached hydrogens (tertiary/aromatic N) is 2. The van der Waals surface area contributed by atoms with E-state index in [0.29, 0.717) is 12.5 Å². The summed E-state index contributed by atoms with van der Waals surface area (Å²) in [6.45, 7) is 7.80. The normalized spacial score (nSPS) is 11.4. The molecular formula is C9H14N2O3. The van der Waals surface area contributed by atoms with Crippen LogP contribution < -0.4 is 0 Å². The molecule has 0 saturated heterocycles. The second-order valence-electron chi connectivity index (χ2n) is 3.88. The topological polar surface area (TPSA) is 65.2 Å². The summed E-state index contributed by atoms with van der Waals surface area (Å²) in [5.41, 5.74) is -0.252. The van der Waals surface area contributed by atoms with Gasteiger partial charge in [-0.1, -0.05) is 20.8 Å². The quantitative estimate of drug-likeness (QED) is 0.674. The molecule has 0 amide bonds. The van der Waals surface area contributed by atoms with E-state index in [-0.39, 0.29) is 11.3 Å². The summed E-state index contributed by atoms with van der Waals surface area (Å²) < 4.78 is 9.88. The van der Waals surface area contributed by atoms with Gasteiger partial charge in [0.2, 0.25) is 5.89 Å². The van der Waals surface area contributed by atoms with E-state index in [4.69, 9.17) is 9.15 Å². The number of rotatable bonds is 2. The number of carbonyl (C=O) groups excluding carboxylic acids is 1. The molecule has 5 nitrogen and oxygen atoms in total. The smallest absolute Gasteiger partial charge is 0.396 e. The van der Waals surface area contributed by atoms with E-state index in [1.54, 1.807) is 6.92 Å². The van der Waals surface area contributed by atoms with Crippen molar-refractivity contribution in [2.45, 2.75) is 33.1 Å². The summed E-state index contributed by atoms with van der Waals surface area (Å²) in [4.78, 5) is 11.2. The standard InChI is InChI=1S/C9H14N2O3/c1-5-13-7(12)6-10-11-8(14-6)9(2,3)4/h5H2,1-4H3. The summed E-state index contributed by atoms with van der Waals surface area (Å²) >= 11 is 0. The fourth-order valence-electron chi connectivity index (χ4n) is 0.802. The van der Waals surface area contributed by atoms with Crippen LogP contribution in [0.1, 0.15) is 44.3 Å². The summed E-state index contributed by atoms with van der Waals surface area (Å²) in [7, 11) is 0. The van der Waals surface area contributed by atoms with Gasteiger partial charge in [0.15, 0.2) is 0 Å². The number of hydrogen-bond donors (Lipinski definition) is 0. The van der Waals surface area contributed by atoms with Crippen LogP contribution in [0.2, 0.25) is 0 Å². The molecule has 1 aromatic heterocycles. The minimum Gasteiger partial charge on any atom is -0.459 e. The maximum Gasteiger partial charge on any atom is 0.396 e. The van der Waals surface area contributed by atoms with Gasteiger partial charge < -0.3 is 9.15 Å². The van der Waals surface area contributed by atoms with E-state index in [1.165, 1.54) is 0 Å². The Balaban J connectivity index is 2.83. The van der Waals surface area contributed by atoms with Crippen LogP contribution >= 0.6 is 0 Å². The van der Waals surface area contributed by atoms with Gasteiger partial charge in [0, 0.05) is 5.41 Å². The molecule has 0 aliphatic carbocycles. The zero-order chi connectivity index (χ0) is 10.8. The van der Waals surface area contributed by atoms with E-state index < -0.39 is 5.97 Å². The maximum atomic E-state index is 11.2. The summed E-state index contributed by atoms with van der Waals surface area (Å²) in [5.74, 6) is -0.229. The van der Waals surface area contributed by atoms with Crippen molar-refractivity contribution in [3.63, 3.8) is 0 Å². The first kappa shape index (κ1) is 10.7. The number of ether oxygens (including phenoxy) is 1. The highest BCUT2D eigenvalue weighted by atomic mass is 16.5. The van der Waals surface area contributed by atoms with E-state index in [0.717, 1.165) is 0 Å². The minimum absolute atomic E-state index is 0.0863. The van der Waals surface area contributed by atoms with Gasteiger partial charge in [-0.15, -0.1) is 10.2 Å². The lowest BCUT2D eigenvalue weighted by Crippen LogP contribution is -2.11. The van der Waals surface area contributed by atoms with E-state index in [1.807, 2.05) is 20.8 Å². The predicted molar refractivity (Wildman–Crippen MR) is 49.0 cm³/mol. The first-order valence-electron chi connectivity index (χ1n) is 4.46. The molecule has 0 bridgehead atoms. The molecule has 0 radical (unpaired) electrons. The van der Waals surface area contributed by atoms with E-state index >= 15 is 0 Å². The van der Waals surface area contributed by atoms with Gasteiger partial charge in [0.1, 0.15) is 0 Å². The Morgan fingerprint density at radius 2 is 2.07 bits per heavy atom. The first-order valence-corrected chi connectivity index (χ1v) is 4.46. The fourth-order valence-corrected chi connectivity index (χ4v) is 0.802. The third-order valence-electron chi connectivity index (χ3n) is 1.52. The zero-order valence-corrected chi connectivity index (χ0v) is 8.83. The monoisotopic (exact) mass is 198 g/mol. The second-order valence-corrected chi connectivity index (χ2v) is 3.88. The highest BCUT2D eigenvalue weighted by molar-refractivity contribution is 5.83. The van der Waals surface area contributed by atoms with Crippen LogP contribution in [-0.2, 0) is 10.2 Å². The largest absolute Gasteiger partial charge is 0.459 e. The lowest BCUT2D eigenvalue weighted by molar-refractivity contribution is 0.0477. The molecule has 0 N–H and O–H groups in total. The van der Waals surface area contributed by atoms with Gasteiger partial charge in [0.25, 0.3) is 0 Å². The molecule has 1 rings (SSSR count). The van der Waals surface area contributed by atoms with E-state index in [9.17, 15) is 4.79 Å². The number of esters is 1. The number of carbonyl (C=O) groups is 1. The Kier molecular flexibility index (Phi) is 2.88. The maximum absolute atomic E-state index is 11.2. The van der Waals surface area contributed by atoms with Crippen LogP contribution in [0.4, 0.5) is 0 Å². The third kappa shape index (κ3) is 2.31. The van der Waals surface area contributed by atoms with Crippen LogP contribution in [0, 0.1) is 0 Å². The molecule has 0 unspecified atom stereocenters. The lowest BCUT2D eigenvalue weighted by Gasteiger charge is -2.10. The SMILES string of the molecule is CCOC(=O)c1nnc(C(C)(C)C)o1. The number of hydrogen-bond acceptors (Lipinski definition) is 5. The Bertz CT molecular complexity index is 325. The van der Waals surface area contributed by atoms with Crippen molar-refractivity contribution >= 4 is 5.97 Å². The summed E-state index contributed by atoms with van der Waals surface area (Å²) in [6, 6.07) is 0. The Morgan fingerprint density at radius 3 is 2.50 bits per heavy atom. The Morgan fingerprint density at radius 1 is 1.43 bits per heavy atom. The summed E-state index contributed by atoms with van der Waals surface area (Å²) in [5, 5.41) is 7.38. The molecular weight excluding hydrogens is 184 g/mol. The highest BCUT2D eigenvalue weighted by Crippen LogP contribution is 2.20. The van der Waals surface area contributed by atoms with Crippen molar-refractivity contribution in [1.29, 1.82) is 0 Å². The molecule has 0 aliphatic heterocycles. The molecule has 0 aliphatic rings. The summed E-state index contributed by atoms with van der Waals surface area (Å²) in [6.07, 6.45) is 0. The minimum atomic E-state index is -0.574. The second kappa shape index (κ2) is 3.77. The molecule has 14 heavy (non-hydrogen) atoms. The molecule has 0 saturated carbocycles. The van der Waals surface area contributed by atoms with Crippen molar-refractivity contribution in [3.05, 3.63) is 11.8 Å². The van der Waals surface area contributed by atoms with Crippen molar-refractivity contribution in [3.8, 4) is 0 Å². The van der Waals surface area contributed by atoms with Crippen LogP contribution in [-0.4, -0.2) is 22.8 Å². The van der Waals surface area contributed by atoms with Gasteiger partial charge >= 0.3 is 11.9 Å². The molecule has 0 aromatic carbocycles. The average molecular weight is 198 g/mol. The molecule has 1 aromatic rings. The molecule has 0 atom stereocenters. The van der Waals surface area contributed by atoms with E-state index in [2.05, 4.69) is 10.2 Å². The Hall–Kier alpha value is -1.39. The van der Waals surface area contributed by atoms with Gasteiger partial charge in [-0.05, 0) is 6.92 Å². The molecule has 0 spiro atoms. The third-order valence-corrected chi connectivity index (χ3v) is 1.52. The van der Waals surface area contributed by atoms with Gasteiger partial charge in [-0.3, -0.25) is 0 Å². The van der Waals surface area contributed by atoms with Crippen molar-refractivity contribution in [2.24, 2.45) is 0 Å². The molecule has 1 heterocycles. The Labute approximate surface area is 82.5 Å². The number of aromatic nitrogens is 2. The highest BCUT2D eigenvalue weighted by Gasteiger charge is 2.24. The van der Waals surface area contributed by atoms with Crippen molar-refractivity contribution in [1.82, 2.24) is 10.2 Å². The molecule has 0 fully saturated rings. The van der Waals surface area contributed by atoms with Crippen LogP contribution in [0.5, 0.6) is 0 Å². The molecule has 78 valence electrons. The van der Waals surface area contributed by atoms with Gasteiger partial charge in [-0.2, -0.15) is 0 Å². The van der Waals surface area contributed by atoms with Crippen LogP contribution in [0.3, 0.4) is 0 Å². The van der Waals surface area contributed by atoms with Crippen molar-refractivity contribution in [2.75, 3.05) is 6.61 Å². The average Bonchev–Trinajstić information content (AvgIpc) is 2.51. The first-order chi connectivity index (χ1) is 6.45. The van der Waals surface area contributed by atoms with Crippen LogP contribution in [0.15, 0.2) is 4.42 Å². The van der Waals surface area contributed by atoms with Gasteiger partial charge in [-0.25, -0.2) is 4.79 Å². The van der Waals surface area contributed by atoms with Crippen LogP contribution in [0.25, 0.3) is 0 Å². The van der Waals surface area contributed by atoms with Gasteiger partial charge in [0.05, 0.1) is 6.61 Å². The fraction of sp³-hybridized carbons (Fsp3) is 0.667. The predicted octanol–water partition coefficient (Wildman–Crippen LogP) is 1.54. The van der Waals surface area contributed by atoms with Crippen molar-refractivity contribution < 1.29 is 13.9 Å². The lowest BCUT2D eigenvalue weighted by atomic mass is 9.97. The zero-order valence-electron chi connectivity index (χ0n) is 8.83. The molecule has 5 heteroatoms.